The van der Waals surface area contributed by atoms with Gasteiger partial charge in [0.05, 0.1) is 11.8 Å². The molecule has 10 heteroatoms. The lowest BCUT2D eigenvalue weighted by Gasteiger charge is -2.29. The maximum atomic E-state index is 13.3. The molecular formula is C19H21BrN4O5. The average Bonchev–Trinajstić information content (AvgIpc) is 3.22. The van der Waals surface area contributed by atoms with E-state index < -0.39 is 41.1 Å². The van der Waals surface area contributed by atoms with Crippen LogP contribution in [0.2, 0.25) is 0 Å². The molecule has 4 N–H and O–H groups in total. The Morgan fingerprint density at radius 3 is 2.76 bits per heavy atom. The molecule has 154 valence electrons. The molecule has 1 aromatic rings. The molecule has 4 amide bonds. The number of rotatable bonds is 6. The van der Waals surface area contributed by atoms with E-state index in [0.29, 0.717) is 24.3 Å². The van der Waals surface area contributed by atoms with Crippen LogP contribution in [-0.2, 0) is 29.5 Å². The van der Waals surface area contributed by atoms with Crippen LogP contribution >= 0.6 is 15.9 Å². The van der Waals surface area contributed by atoms with Crippen LogP contribution in [-0.4, -0.2) is 54.8 Å². The van der Waals surface area contributed by atoms with Crippen molar-refractivity contribution in [2.45, 2.75) is 24.4 Å². The van der Waals surface area contributed by atoms with E-state index >= 15 is 0 Å². The highest BCUT2D eigenvalue weighted by atomic mass is 79.9. The summed E-state index contributed by atoms with van der Waals surface area (Å²) in [6.07, 6.45) is 0.340. The topological polar surface area (TPSA) is 131 Å². The number of ether oxygens (including phenoxy) is 1. The van der Waals surface area contributed by atoms with E-state index in [0.717, 1.165) is 4.47 Å². The minimum absolute atomic E-state index is 0.148. The third-order valence-electron chi connectivity index (χ3n) is 5.92. The summed E-state index contributed by atoms with van der Waals surface area (Å²) in [4.78, 5) is 52.5. The number of halogens is 1. The molecule has 3 heterocycles. The Balaban J connectivity index is 1.80. The van der Waals surface area contributed by atoms with Crippen LogP contribution in [0.3, 0.4) is 0 Å². The molecule has 4 unspecified atom stereocenters. The van der Waals surface area contributed by atoms with Gasteiger partial charge in [0, 0.05) is 48.4 Å². The van der Waals surface area contributed by atoms with E-state index in [9.17, 15) is 19.2 Å². The summed E-state index contributed by atoms with van der Waals surface area (Å²) < 4.78 is 5.75. The SMILES string of the molecule is COCCCN1C(=O)C2C(CC(N)=O)NC3(C(=O)Nc4ccc(Br)cc43)C2C1=O. The number of likely N-dealkylation sites (tertiary alicyclic amines) is 1. The normalized spacial score (nSPS) is 30.1. The van der Waals surface area contributed by atoms with Crippen molar-refractivity contribution in [1.29, 1.82) is 0 Å². The van der Waals surface area contributed by atoms with Gasteiger partial charge in [0.2, 0.25) is 23.6 Å². The molecule has 2 saturated heterocycles. The molecule has 29 heavy (non-hydrogen) atoms. The highest BCUT2D eigenvalue weighted by Gasteiger charge is 2.70. The lowest BCUT2D eigenvalue weighted by molar-refractivity contribution is -0.143. The van der Waals surface area contributed by atoms with Crippen molar-refractivity contribution in [3.8, 4) is 0 Å². The van der Waals surface area contributed by atoms with Crippen molar-refractivity contribution in [2.75, 3.05) is 25.6 Å². The Morgan fingerprint density at radius 2 is 2.07 bits per heavy atom. The maximum Gasteiger partial charge on any atom is 0.250 e. The van der Waals surface area contributed by atoms with Crippen LogP contribution in [0.4, 0.5) is 5.69 Å². The number of carbonyl (C=O) groups is 4. The Labute approximate surface area is 175 Å². The van der Waals surface area contributed by atoms with Crippen LogP contribution in [0, 0.1) is 11.8 Å². The van der Waals surface area contributed by atoms with E-state index in [2.05, 4.69) is 26.6 Å². The first-order chi connectivity index (χ1) is 13.8. The predicted octanol–water partition coefficient (Wildman–Crippen LogP) is 0.0814. The second-order valence-corrected chi connectivity index (χ2v) is 8.47. The summed E-state index contributed by atoms with van der Waals surface area (Å²) in [5.74, 6) is -3.61. The Hall–Kier alpha value is -2.30. The number of methoxy groups -OCH3 is 1. The molecule has 1 spiro atoms. The van der Waals surface area contributed by atoms with Crippen molar-refractivity contribution < 1.29 is 23.9 Å². The van der Waals surface area contributed by atoms with Crippen molar-refractivity contribution in [3.05, 3.63) is 28.2 Å². The standard InChI is InChI=1S/C19H21BrN4O5/c1-29-6-2-5-24-16(26)14-12(8-13(21)25)23-19(15(14)17(24)27)10-7-9(20)3-4-11(10)22-18(19)28/h3-4,7,12,14-15,23H,2,5-6,8H2,1H3,(H2,21,25)(H,22,28). The van der Waals surface area contributed by atoms with E-state index in [1.165, 1.54) is 4.90 Å². The number of nitrogens with zero attached hydrogens (tertiary/aromatic N) is 1. The van der Waals surface area contributed by atoms with Crippen LogP contribution in [0.25, 0.3) is 0 Å². The zero-order valence-electron chi connectivity index (χ0n) is 15.7. The molecule has 0 aromatic heterocycles. The van der Waals surface area contributed by atoms with Crippen LogP contribution in [0.5, 0.6) is 0 Å². The zero-order chi connectivity index (χ0) is 20.9. The Morgan fingerprint density at radius 1 is 1.31 bits per heavy atom. The average molecular weight is 465 g/mol. The minimum atomic E-state index is -1.42. The molecule has 4 atom stereocenters. The van der Waals surface area contributed by atoms with Gasteiger partial charge in [0.15, 0.2) is 0 Å². The van der Waals surface area contributed by atoms with Crippen molar-refractivity contribution in [1.82, 2.24) is 10.2 Å². The number of carbonyl (C=O) groups excluding carboxylic acids is 4. The third kappa shape index (κ3) is 2.89. The van der Waals surface area contributed by atoms with Crippen LogP contribution < -0.4 is 16.4 Å². The van der Waals surface area contributed by atoms with Crippen LogP contribution in [0.15, 0.2) is 22.7 Å². The van der Waals surface area contributed by atoms with Gasteiger partial charge in [0.25, 0.3) is 0 Å². The molecule has 0 aliphatic carbocycles. The van der Waals surface area contributed by atoms with Gasteiger partial charge in [-0.05, 0) is 24.6 Å². The summed E-state index contributed by atoms with van der Waals surface area (Å²) in [5.41, 5.74) is 5.12. The summed E-state index contributed by atoms with van der Waals surface area (Å²) in [6.45, 7) is 0.599. The molecule has 9 nitrogen and oxygen atoms in total. The lowest BCUT2D eigenvalue weighted by atomic mass is 9.76. The van der Waals surface area contributed by atoms with Gasteiger partial charge in [-0.15, -0.1) is 0 Å². The number of fused-ring (bicyclic) bond motifs is 4. The van der Waals surface area contributed by atoms with E-state index in [4.69, 9.17) is 10.5 Å². The first-order valence-corrected chi connectivity index (χ1v) is 10.1. The van der Waals surface area contributed by atoms with Crippen molar-refractivity contribution >= 4 is 45.2 Å². The Bertz CT molecular complexity index is 922. The monoisotopic (exact) mass is 464 g/mol. The lowest BCUT2D eigenvalue weighted by Crippen LogP contribution is -2.53. The first-order valence-electron chi connectivity index (χ1n) is 9.33. The number of amides is 4. The molecule has 0 radical (unpaired) electrons. The molecule has 0 bridgehead atoms. The van der Waals surface area contributed by atoms with Gasteiger partial charge in [-0.25, -0.2) is 0 Å². The van der Waals surface area contributed by atoms with Gasteiger partial charge in [-0.3, -0.25) is 29.4 Å². The molecule has 0 saturated carbocycles. The van der Waals surface area contributed by atoms with Gasteiger partial charge in [-0.1, -0.05) is 15.9 Å². The van der Waals surface area contributed by atoms with Crippen molar-refractivity contribution in [3.63, 3.8) is 0 Å². The summed E-state index contributed by atoms with van der Waals surface area (Å²) in [6, 6.07) is 4.57. The van der Waals surface area contributed by atoms with E-state index in [1.807, 2.05) is 0 Å². The number of nitrogens with two attached hydrogens (primary N) is 1. The molecule has 3 aliphatic heterocycles. The largest absolute Gasteiger partial charge is 0.385 e. The number of anilines is 1. The van der Waals surface area contributed by atoms with Crippen molar-refractivity contribution in [2.24, 2.45) is 17.6 Å². The zero-order valence-corrected chi connectivity index (χ0v) is 17.3. The number of hydrogen-bond acceptors (Lipinski definition) is 6. The molecule has 2 fully saturated rings. The second kappa shape index (κ2) is 7.19. The Kier molecular flexibility index (Phi) is 4.96. The van der Waals surface area contributed by atoms with E-state index in [-0.39, 0.29) is 18.9 Å². The fourth-order valence-electron chi connectivity index (χ4n) is 4.81. The quantitative estimate of drug-likeness (QED) is 0.403. The van der Waals surface area contributed by atoms with E-state index in [1.54, 1.807) is 25.3 Å². The van der Waals surface area contributed by atoms with Gasteiger partial charge < -0.3 is 15.8 Å². The predicted molar refractivity (Wildman–Crippen MR) is 105 cm³/mol. The van der Waals surface area contributed by atoms with Gasteiger partial charge >= 0.3 is 0 Å². The fraction of sp³-hybridized carbons (Fsp3) is 0.474. The van der Waals surface area contributed by atoms with Crippen LogP contribution in [0.1, 0.15) is 18.4 Å². The second-order valence-electron chi connectivity index (χ2n) is 7.55. The van der Waals surface area contributed by atoms with Gasteiger partial charge in [-0.2, -0.15) is 0 Å². The number of imide groups is 1. The number of nitrogens with one attached hydrogen (secondary N) is 2. The first kappa shape index (κ1) is 20.0. The molecular weight excluding hydrogens is 444 g/mol. The fourth-order valence-corrected chi connectivity index (χ4v) is 5.17. The number of primary amides is 1. The maximum absolute atomic E-state index is 13.3. The highest BCUT2D eigenvalue weighted by Crippen LogP contribution is 2.53. The smallest absolute Gasteiger partial charge is 0.250 e. The minimum Gasteiger partial charge on any atom is -0.385 e. The highest BCUT2D eigenvalue weighted by molar-refractivity contribution is 9.10. The summed E-state index contributed by atoms with van der Waals surface area (Å²) >= 11 is 3.41. The molecule has 4 rings (SSSR count). The third-order valence-corrected chi connectivity index (χ3v) is 6.41. The molecule has 1 aromatic carbocycles. The number of hydrogen-bond donors (Lipinski definition) is 3. The summed E-state index contributed by atoms with van der Waals surface area (Å²) in [7, 11) is 1.54. The van der Waals surface area contributed by atoms with Gasteiger partial charge in [0.1, 0.15) is 5.54 Å². The number of benzene rings is 1. The summed E-state index contributed by atoms with van der Waals surface area (Å²) in [5, 5.41) is 5.96. The molecule has 3 aliphatic rings.